The molecule has 0 bridgehead atoms. The first-order valence-corrected chi connectivity index (χ1v) is 5.55. The Morgan fingerprint density at radius 1 is 1.47 bits per heavy atom. The molecule has 0 unspecified atom stereocenters. The van der Waals surface area contributed by atoms with Crippen LogP contribution in [0, 0.1) is 0 Å². The Labute approximate surface area is 92.9 Å². The van der Waals surface area contributed by atoms with Crippen molar-refractivity contribution in [2.45, 2.75) is 25.3 Å². The van der Waals surface area contributed by atoms with Gasteiger partial charge in [0.05, 0.1) is 11.2 Å². The summed E-state index contributed by atoms with van der Waals surface area (Å²) in [6, 6.07) is 5.85. The van der Waals surface area contributed by atoms with Gasteiger partial charge in [-0.25, -0.2) is 4.98 Å². The Balaban J connectivity index is 2.34. The highest BCUT2D eigenvalue weighted by molar-refractivity contribution is 6.29. The SMILES string of the molecule is NCc1nc(C2CC2)n2c(Cl)cccc12. The molecule has 1 fully saturated rings. The van der Waals surface area contributed by atoms with Crippen LogP contribution in [0.4, 0.5) is 0 Å². The Morgan fingerprint density at radius 2 is 2.27 bits per heavy atom. The van der Waals surface area contributed by atoms with E-state index in [4.69, 9.17) is 17.3 Å². The van der Waals surface area contributed by atoms with Crippen molar-refractivity contribution in [3.8, 4) is 0 Å². The van der Waals surface area contributed by atoms with E-state index in [1.54, 1.807) is 0 Å². The second kappa shape index (κ2) is 3.22. The molecule has 0 radical (unpaired) electrons. The summed E-state index contributed by atoms with van der Waals surface area (Å²) in [6.45, 7) is 0.469. The van der Waals surface area contributed by atoms with Crippen LogP contribution in [0.3, 0.4) is 0 Å². The van der Waals surface area contributed by atoms with Crippen molar-refractivity contribution in [2.75, 3.05) is 0 Å². The molecule has 0 aromatic carbocycles. The van der Waals surface area contributed by atoms with E-state index >= 15 is 0 Å². The maximum Gasteiger partial charge on any atom is 0.117 e. The fourth-order valence-electron chi connectivity index (χ4n) is 1.95. The molecular weight excluding hydrogens is 210 g/mol. The number of nitrogens with two attached hydrogens (primary N) is 1. The van der Waals surface area contributed by atoms with Crippen molar-refractivity contribution in [2.24, 2.45) is 5.73 Å². The Morgan fingerprint density at radius 3 is 2.93 bits per heavy atom. The third kappa shape index (κ3) is 1.34. The molecule has 4 heteroatoms. The molecule has 3 nitrogen and oxygen atoms in total. The lowest BCUT2D eigenvalue weighted by Gasteiger charge is -2.01. The predicted molar refractivity (Wildman–Crippen MR) is 60.1 cm³/mol. The lowest BCUT2D eigenvalue weighted by atomic mass is 10.3. The first kappa shape index (κ1) is 9.19. The van der Waals surface area contributed by atoms with Gasteiger partial charge >= 0.3 is 0 Å². The van der Waals surface area contributed by atoms with Crippen LogP contribution in [0.2, 0.25) is 5.15 Å². The number of hydrogen-bond acceptors (Lipinski definition) is 2. The molecule has 1 saturated carbocycles. The van der Waals surface area contributed by atoms with Gasteiger partial charge in [-0.15, -0.1) is 0 Å². The van der Waals surface area contributed by atoms with Crippen molar-refractivity contribution in [3.05, 3.63) is 34.9 Å². The van der Waals surface area contributed by atoms with Crippen LogP contribution in [0.25, 0.3) is 5.52 Å². The molecule has 0 atom stereocenters. The third-order valence-electron chi connectivity index (χ3n) is 2.85. The van der Waals surface area contributed by atoms with Crippen molar-refractivity contribution in [1.29, 1.82) is 0 Å². The molecule has 1 aliphatic carbocycles. The number of hydrogen-bond donors (Lipinski definition) is 1. The minimum absolute atomic E-state index is 0.469. The number of fused-ring (bicyclic) bond motifs is 1. The summed E-state index contributed by atoms with van der Waals surface area (Å²) in [5, 5.41) is 0.724. The first-order chi connectivity index (χ1) is 7.31. The maximum absolute atomic E-state index is 6.19. The summed E-state index contributed by atoms with van der Waals surface area (Å²) in [5.74, 6) is 1.66. The molecule has 15 heavy (non-hydrogen) atoms. The standard InChI is InChI=1S/C11H12ClN3/c12-10-3-1-2-9-8(6-13)14-11(15(9)10)7-4-5-7/h1-3,7H,4-6,13H2. The van der Waals surface area contributed by atoms with E-state index in [0.717, 1.165) is 22.2 Å². The Kier molecular flexibility index (Phi) is 1.97. The summed E-state index contributed by atoms with van der Waals surface area (Å²) in [7, 11) is 0. The van der Waals surface area contributed by atoms with Gasteiger partial charge < -0.3 is 5.73 Å². The average Bonchev–Trinajstić information content (AvgIpc) is 3.00. The summed E-state index contributed by atoms with van der Waals surface area (Å²) >= 11 is 6.19. The van der Waals surface area contributed by atoms with Gasteiger partial charge in [-0.2, -0.15) is 0 Å². The van der Waals surface area contributed by atoms with Gasteiger partial charge in [0, 0.05) is 12.5 Å². The summed E-state index contributed by atoms with van der Waals surface area (Å²) in [5.41, 5.74) is 7.67. The second-order valence-electron chi connectivity index (χ2n) is 3.96. The van der Waals surface area contributed by atoms with Gasteiger partial charge in [-0.1, -0.05) is 17.7 Å². The number of aromatic nitrogens is 2. The van der Waals surface area contributed by atoms with Crippen LogP contribution in [0.5, 0.6) is 0 Å². The van der Waals surface area contributed by atoms with Crippen LogP contribution in [0.1, 0.15) is 30.3 Å². The number of halogens is 1. The first-order valence-electron chi connectivity index (χ1n) is 5.17. The largest absolute Gasteiger partial charge is 0.325 e. The zero-order chi connectivity index (χ0) is 10.4. The topological polar surface area (TPSA) is 43.3 Å². The Bertz CT molecular complexity index is 514. The van der Waals surface area contributed by atoms with Crippen molar-refractivity contribution in [3.63, 3.8) is 0 Å². The van der Waals surface area contributed by atoms with Gasteiger partial charge in [0.1, 0.15) is 11.0 Å². The maximum atomic E-state index is 6.19. The predicted octanol–water partition coefficient (Wildman–Crippen LogP) is 2.32. The fourth-order valence-corrected chi connectivity index (χ4v) is 2.20. The normalized spacial score (nSPS) is 16.1. The minimum Gasteiger partial charge on any atom is -0.325 e. The average molecular weight is 222 g/mol. The molecule has 2 N–H and O–H groups in total. The molecular formula is C11H12ClN3. The van der Waals surface area contributed by atoms with Gasteiger partial charge in [0.15, 0.2) is 0 Å². The number of nitrogens with zero attached hydrogens (tertiary/aromatic N) is 2. The highest BCUT2D eigenvalue weighted by Crippen LogP contribution is 2.40. The number of pyridine rings is 1. The van der Waals surface area contributed by atoms with Crippen LogP contribution in [-0.4, -0.2) is 9.38 Å². The molecule has 2 aromatic heterocycles. The fraction of sp³-hybridized carbons (Fsp3) is 0.364. The molecule has 1 aliphatic rings. The van der Waals surface area contributed by atoms with E-state index in [-0.39, 0.29) is 0 Å². The quantitative estimate of drug-likeness (QED) is 0.791. The molecule has 0 amide bonds. The number of imidazole rings is 1. The molecule has 2 heterocycles. The minimum atomic E-state index is 0.469. The highest BCUT2D eigenvalue weighted by atomic mass is 35.5. The van der Waals surface area contributed by atoms with Gasteiger partial charge in [0.25, 0.3) is 0 Å². The van der Waals surface area contributed by atoms with Crippen molar-refractivity contribution in [1.82, 2.24) is 9.38 Å². The van der Waals surface area contributed by atoms with Crippen molar-refractivity contribution < 1.29 is 0 Å². The zero-order valence-corrected chi connectivity index (χ0v) is 9.04. The van der Waals surface area contributed by atoms with E-state index < -0.39 is 0 Å². The van der Waals surface area contributed by atoms with Gasteiger partial charge in [-0.05, 0) is 25.0 Å². The van der Waals surface area contributed by atoms with E-state index in [0.29, 0.717) is 12.5 Å². The van der Waals surface area contributed by atoms with Crippen molar-refractivity contribution >= 4 is 17.1 Å². The zero-order valence-electron chi connectivity index (χ0n) is 8.28. The van der Waals surface area contributed by atoms with Crippen LogP contribution < -0.4 is 5.73 Å². The molecule has 0 aliphatic heterocycles. The molecule has 0 saturated heterocycles. The van der Waals surface area contributed by atoms with E-state index in [2.05, 4.69) is 4.98 Å². The van der Waals surface area contributed by atoms with Crippen LogP contribution in [0.15, 0.2) is 18.2 Å². The molecule has 0 spiro atoms. The number of rotatable bonds is 2. The van der Waals surface area contributed by atoms with E-state index in [1.165, 1.54) is 12.8 Å². The summed E-state index contributed by atoms with van der Waals surface area (Å²) in [6.07, 6.45) is 2.43. The second-order valence-corrected chi connectivity index (χ2v) is 4.35. The lowest BCUT2D eigenvalue weighted by Crippen LogP contribution is -1.97. The smallest absolute Gasteiger partial charge is 0.117 e. The summed E-state index contributed by atoms with van der Waals surface area (Å²) in [4.78, 5) is 4.58. The van der Waals surface area contributed by atoms with Crippen LogP contribution in [-0.2, 0) is 6.54 Å². The Hall–Kier alpha value is -1.06. The van der Waals surface area contributed by atoms with Gasteiger partial charge in [0.2, 0.25) is 0 Å². The molecule has 2 aromatic rings. The molecule has 78 valence electrons. The van der Waals surface area contributed by atoms with Crippen LogP contribution >= 0.6 is 11.6 Å². The third-order valence-corrected chi connectivity index (χ3v) is 3.15. The molecule has 3 rings (SSSR count). The van der Waals surface area contributed by atoms with E-state index in [1.807, 2.05) is 22.6 Å². The monoisotopic (exact) mass is 221 g/mol. The van der Waals surface area contributed by atoms with Gasteiger partial charge in [-0.3, -0.25) is 4.40 Å². The summed E-state index contributed by atoms with van der Waals surface area (Å²) < 4.78 is 2.03. The van der Waals surface area contributed by atoms with E-state index in [9.17, 15) is 0 Å². The lowest BCUT2D eigenvalue weighted by molar-refractivity contribution is 0.904. The highest BCUT2D eigenvalue weighted by Gasteiger charge is 2.29.